The minimum Gasteiger partial charge on any atom is -0.390 e. The molecule has 0 spiro atoms. The van der Waals surface area contributed by atoms with Crippen LogP contribution in [0.5, 0.6) is 0 Å². The van der Waals surface area contributed by atoms with E-state index in [0.29, 0.717) is 24.2 Å². The van der Waals surface area contributed by atoms with Gasteiger partial charge in [-0.15, -0.1) is 5.10 Å². The molecule has 1 unspecified atom stereocenters. The molecule has 0 bridgehead atoms. The molecular weight excluding hydrogens is 400 g/mol. The lowest BCUT2D eigenvalue weighted by atomic mass is 9.49. The van der Waals surface area contributed by atoms with Crippen molar-refractivity contribution in [1.29, 1.82) is 0 Å². The second-order valence-electron chi connectivity index (χ2n) is 12.0. The van der Waals surface area contributed by atoms with Crippen molar-refractivity contribution in [2.24, 2.45) is 46.8 Å². The van der Waals surface area contributed by atoms with Crippen molar-refractivity contribution in [1.82, 2.24) is 20.0 Å². The number of Topliss-reactive ketones (excluding diaryl/α,β-unsaturated/α-hetero) is 1. The van der Waals surface area contributed by atoms with Crippen molar-refractivity contribution in [3.63, 3.8) is 0 Å². The molecule has 170 valence electrons. The molecule has 5 aliphatic rings. The zero-order valence-electron chi connectivity index (χ0n) is 19.0. The molecule has 5 fully saturated rings. The summed E-state index contributed by atoms with van der Waals surface area (Å²) >= 11 is 0. The Morgan fingerprint density at radius 1 is 1.06 bits per heavy atom. The number of aliphatic hydroxyl groups is 1. The number of hydrogen-bond acceptors (Lipinski definition) is 5. The van der Waals surface area contributed by atoms with Crippen LogP contribution in [0.25, 0.3) is 11.0 Å². The highest BCUT2D eigenvalue weighted by Gasteiger charge is 2.65. The molecule has 32 heavy (non-hydrogen) atoms. The summed E-state index contributed by atoms with van der Waals surface area (Å²) < 4.78 is 1.75. The fourth-order valence-electron chi connectivity index (χ4n) is 9.40. The fourth-order valence-corrected chi connectivity index (χ4v) is 9.40. The van der Waals surface area contributed by atoms with Crippen LogP contribution in [0.4, 0.5) is 0 Å². The first-order chi connectivity index (χ1) is 15.5. The van der Waals surface area contributed by atoms with Crippen molar-refractivity contribution in [3.05, 3.63) is 18.5 Å². The normalized spacial score (nSPS) is 46.8. The standard InChI is InChI=1S/C26H34N4O2/c1-25-9-6-15-16-7-10-26(32)12-21(26)18(16)3-2-17(15)19(25)4-5-20(25)24(31)14-30-23-13-27-11-8-22(23)28-29-30/h8,11,13,15-21,32H,2-7,9-10,12,14H2,1H3/t15-,16-,17-,18-,19+,20-,21?,25+,26+/m1/s1. The van der Waals surface area contributed by atoms with Crippen LogP contribution in [-0.2, 0) is 11.3 Å². The van der Waals surface area contributed by atoms with Crippen LogP contribution in [0.2, 0.25) is 0 Å². The number of pyridine rings is 1. The summed E-state index contributed by atoms with van der Waals surface area (Å²) in [5, 5.41) is 19.1. The van der Waals surface area contributed by atoms with E-state index in [-0.39, 0.29) is 16.9 Å². The van der Waals surface area contributed by atoms with Crippen LogP contribution in [-0.4, -0.2) is 36.5 Å². The highest BCUT2D eigenvalue weighted by molar-refractivity contribution is 5.84. The Morgan fingerprint density at radius 3 is 2.69 bits per heavy atom. The third-order valence-corrected chi connectivity index (χ3v) is 11.0. The zero-order chi connectivity index (χ0) is 21.7. The Kier molecular flexibility index (Phi) is 4.06. The summed E-state index contributed by atoms with van der Waals surface area (Å²) in [5.74, 6) is 4.97. The molecule has 5 aliphatic carbocycles. The van der Waals surface area contributed by atoms with Gasteiger partial charge in [0.15, 0.2) is 5.78 Å². The van der Waals surface area contributed by atoms with Crippen LogP contribution in [0.1, 0.15) is 64.7 Å². The molecule has 0 aromatic carbocycles. The van der Waals surface area contributed by atoms with Gasteiger partial charge in [-0.3, -0.25) is 9.78 Å². The lowest BCUT2D eigenvalue weighted by Gasteiger charge is -2.56. The zero-order valence-corrected chi connectivity index (χ0v) is 19.0. The predicted molar refractivity (Wildman–Crippen MR) is 119 cm³/mol. The van der Waals surface area contributed by atoms with Gasteiger partial charge >= 0.3 is 0 Å². The van der Waals surface area contributed by atoms with Gasteiger partial charge in [-0.2, -0.15) is 0 Å². The molecule has 1 N–H and O–H groups in total. The molecule has 2 heterocycles. The van der Waals surface area contributed by atoms with Crippen LogP contribution in [0.15, 0.2) is 18.5 Å². The summed E-state index contributed by atoms with van der Waals surface area (Å²) in [6.45, 7) is 2.74. The minimum atomic E-state index is -0.289. The van der Waals surface area contributed by atoms with E-state index >= 15 is 0 Å². The number of rotatable bonds is 3. The number of nitrogens with zero attached hydrogens (tertiary/aromatic N) is 4. The molecule has 0 radical (unpaired) electrons. The summed E-state index contributed by atoms with van der Waals surface area (Å²) in [5.41, 5.74) is 1.49. The van der Waals surface area contributed by atoms with Gasteiger partial charge in [-0.1, -0.05) is 12.1 Å². The fraction of sp³-hybridized carbons (Fsp3) is 0.769. The highest BCUT2D eigenvalue weighted by atomic mass is 16.3. The first-order valence-corrected chi connectivity index (χ1v) is 12.9. The average molecular weight is 435 g/mol. The maximum atomic E-state index is 13.6. The topological polar surface area (TPSA) is 80.9 Å². The van der Waals surface area contributed by atoms with Crippen LogP contribution >= 0.6 is 0 Å². The molecule has 0 saturated heterocycles. The number of carbonyl (C=O) groups is 1. The maximum absolute atomic E-state index is 13.6. The first kappa shape index (κ1) is 19.6. The predicted octanol–water partition coefficient (Wildman–Crippen LogP) is 4.03. The molecule has 2 aromatic rings. The Hall–Kier alpha value is -1.82. The summed E-state index contributed by atoms with van der Waals surface area (Å²) in [7, 11) is 0. The van der Waals surface area contributed by atoms with E-state index in [2.05, 4.69) is 22.2 Å². The van der Waals surface area contributed by atoms with Gasteiger partial charge in [0.05, 0.1) is 11.8 Å². The number of ketones is 1. The number of hydrogen-bond donors (Lipinski definition) is 1. The van der Waals surface area contributed by atoms with Gasteiger partial charge < -0.3 is 5.11 Å². The van der Waals surface area contributed by atoms with Crippen molar-refractivity contribution < 1.29 is 9.90 Å². The average Bonchev–Trinajstić information content (AvgIpc) is 3.15. The summed E-state index contributed by atoms with van der Waals surface area (Å²) in [4.78, 5) is 17.7. The van der Waals surface area contributed by atoms with E-state index in [1.54, 1.807) is 17.1 Å². The Morgan fingerprint density at radius 2 is 1.84 bits per heavy atom. The Bertz CT molecular complexity index is 1080. The van der Waals surface area contributed by atoms with Crippen molar-refractivity contribution in [3.8, 4) is 0 Å². The second kappa shape index (κ2) is 6.62. The van der Waals surface area contributed by atoms with E-state index in [1.165, 1.54) is 38.5 Å². The molecule has 2 aromatic heterocycles. The van der Waals surface area contributed by atoms with Gasteiger partial charge in [0.1, 0.15) is 17.6 Å². The van der Waals surface area contributed by atoms with Gasteiger partial charge in [-0.05, 0) is 105 Å². The molecule has 9 atom stereocenters. The molecule has 5 saturated carbocycles. The van der Waals surface area contributed by atoms with E-state index < -0.39 is 0 Å². The van der Waals surface area contributed by atoms with Crippen molar-refractivity contribution in [2.75, 3.05) is 0 Å². The number of fused-ring (bicyclic) bond motifs is 8. The van der Waals surface area contributed by atoms with E-state index in [4.69, 9.17) is 0 Å². The van der Waals surface area contributed by atoms with Gasteiger partial charge in [0, 0.05) is 12.1 Å². The number of carbonyl (C=O) groups excluding carboxylic acids is 1. The molecule has 0 amide bonds. The Labute approximate surface area is 189 Å². The van der Waals surface area contributed by atoms with Crippen molar-refractivity contribution in [2.45, 2.75) is 76.9 Å². The van der Waals surface area contributed by atoms with Gasteiger partial charge in [-0.25, -0.2) is 4.68 Å². The highest BCUT2D eigenvalue weighted by Crippen LogP contribution is 2.68. The van der Waals surface area contributed by atoms with E-state index in [0.717, 1.165) is 54.0 Å². The van der Waals surface area contributed by atoms with Gasteiger partial charge in [0.2, 0.25) is 0 Å². The number of aromatic nitrogens is 4. The van der Waals surface area contributed by atoms with E-state index in [1.807, 2.05) is 6.07 Å². The van der Waals surface area contributed by atoms with Gasteiger partial charge in [0.25, 0.3) is 0 Å². The maximum Gasteiger partial charge on any atom is 0.157 e. The third kappa shape index (κ3) is 2.62. The second-order valence-corrected chi connectivity index (χ2v) is 12.0. The monoisotopic (exact) mass is 434 g/mol. The molecule has 7 rings (SSSR count). The Balaban J connectivity index is 1.11. The largest absolute Gasteiger partial charge is 0.390 e. The van der Waals surface area contributed by atoms with E-state index in [9.17, 15) is 9.90 Å². The SMILES string of the molecule is C[C@]12CC[C@@H]3[C@H]4CC[C@]5(O)CC5[C@@H]4CC[C@H]3[C@@H]1CC[C@@H]2C(=O)Cn1nnc2ccncc21. The quantitative estimate of drug-likeness (QED) is 0.789. The van der Waals surface area contributed by atoms with Crippen LogP contribution < -0.4 is 0 Å². The smallest absolute Gasteiger partial charge is 0.157 e. The van der Waals surface area contributed by atoms with Crippen LogP contribution in [0, 0.1) is 46.8 Å². The molecule has 6 nitrogen and oxygen atoms in total. The minimum absolute atomic E-state index is 0.134. The first-order valence-electron chi connectivity index (χ1n) is 12.9. The van der Waals surface area contributed by atoms with Crippen LogP contribution in [0.3, 0.4) is 0 Å². The lowest BCUT2D eigenvalue weighted by molar-refractivity contribution is -0.131. The summed E-state index contributed by atoms with van der Waals surface area (Å²) in [6.07, 6.45) is 14.1. The van der Waals surface area contributed by atoms with Crippen molar-refractivity contribution >= 4 is 16.8 Å². The molecular formula is C26H34N4O2. The third-order valence-electron chi connectivity index (χ3n) is 11.0. The molecule has 0 aliphatic heterocycles. The molecule has 6 heteroatoms. The summed E-state index contributed by atoms with van der Waals surface area (Å²) in [6, 6.07) is 1.85. The lowest BCUT2D eigenvalue weighted by Crippen LogP contribution is -2.50.